The molecule has 2 N–H and O–H groups in total. The molecule has 0 amide bonds. The molecule has 2 heterocycles. The fourth-order valence-electron chi connectivity index (χ4n) is 2.44. The lowest BCUT2D eigenvalue weighted by atomic mass is 9.97. The molecule has 5 nitrogen and oxygen atoms in total. The molecule has 104 valence electrons. The Kier molecular flexibility index (Phi) is 4.24. The molecule has 1 aromatic heterocycles. The SMILES string of the molecule is CCOC(=O)C1CCN(c2ncc(C)cc2N)CC1. The molecule has 5 heteroatoms. The van der Waals surface area contributed by atoms with E-state index in [1.54, 1.807) is 0 Å². The average Bonchev–Trinajstić information content (AvgIpc) is 2.39. The van der Waals surface area contributed by atoms with Crippen LogP contribution in [0, 0.1) is 12.8 Å². The molecule has 19 heavy (non-hydrogen) atoms. The first-order valence-corrected chi connectivity index (χ1v) is 6.75. The highest BCUT2D eigenvalue weighted by atomic mass is 16.5. The number of aromatic nitrogens is 1. The lowest BCUT2D eigenvalue weighted by Gasteiger charge is -2.32. The van der Waals surface area contributed by atoms with Crippen molar-refractivity contribution < 1.29 is 9.53 Å². The fourth-order valence-corrected chi connectivity index (χ4v) is 2.44. The average molecular weight is 263 g/mol. The van der Waals surface area contributed by atoms with Gasteiger partial charge in [-0.2, -0.15) is 0 Å². The van der Waals surface area contributed by atoms with E-state index in [1.807, 2.05) is 26.1 Å². The summed E-state index contributed by atoms with van der Waals surface area (Å²) in [7, 11) is 0. The van der Waals surface area contributed by atoms with Crippen molar-refractivity contribution in [1.29, 1.82) is 0 Å². The molecule has 0 bridgehead atoms. The van der Waals surface area contributed by atoms with Gasteiger partial charge in [0.2, 0.25) is 0 Å². The minimum Gasteiger partial charge on any atom is -0.466 e. The standard InChI is InChI=1S/C14H21N3O2/c1-3-19-14(18)11-4-6-17(7-5-11)13-12(15)8-10(2)9-16-13/h8-9,11H,3-7,15H2,1-2H3. The topological polar surface area (TPSA) is 68.5 Å². The highest BCUT2D eigenvalue weighted by Gasteiger charge is 2.27. The molecule has 1 fully saturated rings. The van der Waals surface area contributed by atoms with Crippen LogP contribution in [0.3, 0.4) is 0 Å². The lowest BCUT2D eigenvalue weighted by molar-refractivity contribution is -0.148. The molecule has 0 aliphatic carbocycles. The third-order valence-electron chi connectivity index (χ3n) is 3.45. The van der Waals surface area contributed by atoms with Crippen LogP contribution in [0.4, 0.5) is 11.5 Å². The van der Waals surface area contributed by atoms with Crippen LogP contribution in [0.15, 0.2) is 12.3 Å². The molecule has 0 radical (unpaired) electrons. The van der Waals surface area contributed by atoms with E-state index in [2.05, 4.69) is 9.88 Å². The summed E-state index contributed by atoms with van der Waals surface area (Å²) in [5.41, 5.74) is 7.76. The Morgan fingerprint density at radius 1 is 1.53 bits per heavy atom. The molecule has 1 aliphatic heterocycles. The van der Waals surface area contributed by atoms with Gasteiger partial charge >= 0.3 is 5.97 Å². The van der Waals surface area contributed by atoms with Crippen molar-refractivity contribution in [2.45, 2.75) is 26.7 Å². The van der Waals surface area contributed by atoms with Crippen molar-refractivity contribution in [3.63, 3.8) is 0 Å². The number of nitrogen functional groups attached to an aromatic ring is 1. The summed E-state index contributed by atoms with van der Waals surface area (Å²) in [6, 6.07) is 1.93. The van der Waals surface area contributed by atoms with Crippen LogP contribution in [-0.2, 0) is 9.53 Å². The van der Waals surface area contributed by atoms with Crippen molar-refractivity contribution in [3.8, 4) is 0 Å². The minimum atomic E-state index is -0.0769. The van der Waals surface area contributed by atoms with Gasteiger partial charge in [0.15, 0.2) is 5.82 Å². The Morgan fingerprint density at radius 3 is 2.79 bits per heavy atom. The third-order valence-corrected chi connectivity index (χ3v) is 3.45. The zero-order valence-electron chi connectivity index (χ0n) is 11.6. The first-order valence-electron chi connectivity index (χ1n) is 6.75. The van der Waals surface area contributed by atoms with Crippen LogP contribution in [0.2, 0.25) is 0 Å². The fraction of sp³-hybridized carbons (Fsp3) is 0.571. The maximum atomic E-state index is 11.7. The molecule has 0 spiro atoms. The highest BCUT2D eigenvalue weighted by molar-refractivity contribution is 5.73. The van der Waals surface area contributed by atoms with Crippen molar-refractivity contribution in [2.24, 2.45) is 5.92 Å². The number of nitrogens with zero attached hydrogens (tertiary/aromatic N) is 2. The number of carbonyl (C=O) groups is 1. The number of rotatable bonds is 3. The Hall–Kier alpha value is -1.78. The molecule has 0 saturated carbocycles. The zero-order valence-corrected chi connectivity index (χ0v) is 11.6. The van der Waals surface area contributed by atoms with Gasteiger partial charge < -0.3 is 15.4 Å². The van der Waals surface area contributed by atoms with Crippen LogP contribution in [-0.4, -0.2) is 30.6 Å². The van der Waals surface area contributed by atoms with Gasteiger partial charge in [-0.15, -0.1) is 0 Å². The summed E-state index contributed by atoms with van der Waals surface area (Å²) in [4.78, 5) is 18.2. The second-order valence-corrected chi connectivity index (χ2v) is 4.94. The normalized spacial score (nSPS) is 16.4. The molecular weight excluding hydrogens is 242 g/mol. The van der Waals surface area contributed by atoms with E-state index in [0.717, 1.165) is 37.3 Å². The molecule has 2 rings (SSSR count). The molecule has 0 aromatic carbocycles. The number of esters is 1. The van der Waals surface area contributed by atoms with Crippen molar-refractivity contribution >= 4 is 17.5 Å². The lowest BCUT2D eigenvalue weighted by Crippen LogP contribution is -2.37. The summed E-state index contributed by atoms with van der Waals surface area (Å²) in [6.07, 6.45) is 3.42. The third kappa shape index (κ3) is 3.16. The highest BCUT2D eigenvalue weighted by Crippen LogP contribution is 2.27. The Labute approximate surface area is 113 Å². The minimum absolute atomic E-state index is 0.0165. The van der Waals surface area contributed by atoms with Gasteiger partial charge in [0.05, 0.1) is 18.2 Å². The summed E-state index contributed by atoms with van der Waals surface area (Å²) >= 11 is 0. The first kappa shape index (κ1) is 13.6. The molecule has 0 unspecified atom stereocenters. The number of anilines is 2. The van der Waals surface area contributed by atoms with E-state index in [1.165, 1.54) is 0 Å². The van der Waals surface area contributed by atoms with Gasteiger partial charge in [0.1, 0.15) is 0 Å². The summed E-state index contributed by atoms with van der Waals surface area (Å²) < 4.78 is 5.06. The van der Waals surface area contributed by atoms with Gasteiger partial charge in [-0.3, -0.25) is 4.79 Å². The molecule has 0 atom stereocenters. The molecule has 1 aliphatic rings. The predicted molar refractivity (Wildman–Crippen MR) is 75.0 cm³/mol. The largest absolute Gasteiger partial charge is 0.466 e. The van der Waals surface area contributed by atoms with Crippen LogP contribution in [0.25, 0.3) is 0 Å². The van der Waals surface area contributed by atoms with Gasteiger partial charge in [-0.05, 0) is 38.3 Å². The van der Waals surface area contributed by atoms with Gasteiger partial charge in [0, 0.05) is 19.3 Å². The smallest absolute Gasteiger partial charge is 0.309 e. The number of hydrogen-bond donors (Lipinski definition) is 1. The number of piperidine rings is 1. The Balaban J connectivity index is 1.98. The summed E-state index contributed by atoms with van der Waals surface area (Å²) in [5, 5.41) is 0. The number of carbonyl (C=O) groups excluding carboxylic acids is 1. The zero-order chi connectivity index (χ0) is 13.8. The van der Waals surface area contributed by atoms with Crippen molar-refractivity contribution in [1.82, 2.24) is 4.98 Å². The van der Waals surface area contributed by atoms with E-state index in [-0.39, 0.29) is 11.9 Å². The number of pyridine rings is 1. The van der Waals surface area contributed by atoms with E-state index >= 15 is 0 Å². The van der Waals surface area contributed by atoms with E-state index in [4.69, 9.17) is 10.5 Å². The second kappa shape index (κ2) is 5.91. The Bertz CT molecular complexity index is 454. The second-order valence-electron chi connectivity index (χ2n) is 4.94. The summed E-state index contributed by atoms with van der Waals surface area (Å²) in [5.74, 6) is 0.766. The van der Waals surface area contributed by atoms with Crippen molar-refractivity contribution in [3.05, 3.63) is 17.8 Å². The van der Waals surface area contributed by atoms with E-state index in [9.17, 15) is 4.79 Å². The van der Waals surface area contributed by atoms with Gasteiger partial charge in [-0.1, -0.05) is 0 Å². The Morgan fingerprint density at radius 2 is 2.21 bits per heavy atom. The van der Waals surface area contributed by atoms with Gasteiger partial charge in [-0.25, -0.2) is 4.98 Å². The molecule has 1 aromatic rings. The summed E-state index contributed by atoms with van der Waals surface area (Å²) in [6.45, 7) is 5.85. The maximum Gasteiger partial charge on any atom is 0.309 e. The van der Waals surface area contributed by atoms with Crippen molar-refractivity contribution in [2.75, 3.05) is 30.3 Å². The van der Waals surface area contributed by atoms with E-state index in [0.29, 0.717) is 12.3 Å². The van der Waals surface area contributed by atoms with Crippen LogP contribution >= 0.6 is 0 Å². The van der Waals surface area contributed by atoms with Crippen LogP contribution < -0.4 is 10.6 Å². The van der Waals surface area contributed by atoms with Crippen LogP contribution in [0.1, 0.15) is 25.3 Å². The maximum absolute atomic E-state index is 11.7. The monoisotopic (exact) mass is 263 g/mol. The molecular formula is C14H21N3O2. The quantitative estimate of drug-likeness (QED) is 0.841. The number of nitrogens with two attached hydrogens (primary N) is 1. The first-order chi connectivity index (χ1) is 9.11. The van der Waals surface area contributed by atoms with E-state index < -0.39 is 0 Å². The number of ether oxygens (including phenoxy) is 1. The van der Waals surface area contributed by atoms with Gasteiger partial charge in [0.25, 0.3) is 0 Å². The predicted octanol–water partition coefficient (Wildman–Crippen LogP) is 1.75. The number of aryl methyl sites for hydroxylation is 1. The number of hydrogen-bond acceptors (Lipinski definition) is 5. The molecule has 1 saturated heterocycles. The van der Waals surface area contributed by atoms with Crippen LogP contribution in [0.5, 0.6) is 0 Å².